The number of carbonyl (C=O) groups excluding carboxylic acids is 1. The zero-order chi connectivity index (χ0) is 24.7. The molecule has 1 aromatic carbocycles. The Morgan fingerprint density at radius 3 is 2.33 bits per heavy atom. The molecule has 3 aromatic heterocycles. The predicted molar refractivity (Wildman–Crippen MR) is 140 cm³/mol. The molecule has 1 fully saturated rings. The van der Waals surface area contributed by atoms with Gasteiger partial charge in [0.1, 0.15) is 11.6 Å². The SMILES string of the molecule is CCc1nc(Nc2ccc(C(=O)Nc3ccccc3)cn2)nc(N2CCN(c3ccncc3)CC2)n1. The molecule has 0 spiro atoms. The van der Waals surface area contributed by atoms with Crippen LogP contribution in [-0.4, -0.2) is 57.0 Å². The minimum absolute atomic E-state index is 0.220. The van der Waals surface area contributed by atoms with Gasteiger partial charge in [0.25, 0.3) is 5.91 Å². The Hall–Kier alpha value is -4.60. The van der Waals surface area contributed by atoms with Crippen LogP contribution in [-0.2, 0) is 6.42 Å². The summed E-state index contributed by atoms with van der Waals surface area (Å²) in [5, 5.41) is 6.01. The summed E-state index contributed by atoms with van der Waals surface area (Å²) in [6.07, 6.45) is 5.85. The van der Waals surface area contributed by atoms with Crippen LogP contribution in [0.15, 0.2) is 73.2 Å². The maximum atomic E-state index is 12.5. The van der Waals surface area contributed by atoms with Gasteiger partial charge in [-0.2, -0.15) is 15.0 Å². The van der Waals surface area contributed by atoms with E-state index in [0.717, 1.165) is 31.9 Å². The lowest BCUT2D eigenvalue weighted by atomic mass is 10.2. The van der Waals surface area contributed by atoms with Crippen LogP contribution in [0.4, 0.5) is 29.1 Å². The lowest BCUT2D eigenvalue weighted by Crippen LogP contribution is -2.47. The maximum absolute atomic E-state index is 12.5. The van der Waals surface area contributed by atoms with E-state index in [1.165, 1.54) is 11.9 Å². The minimum Gasteiger partial charge on any atom is -0.368 e. The van der Waals surface area contributed by atoms with E-state index in [0.29, 0.717) is 35.5 Å². The Morgan fingerprint density at radius 2 is 1.64 bits per heavy atom. The van der Waals surface area contributed by atoms with Crippen LogP contribution in [0, 0.1) is 0 Å². The van der Waals surface area contributed by atoms with Crippen molar-refractivity contribution in [3.05, 3.63) is 84.6 Å². The summed E-state index contributed by atoms with van der Waals surface area (Å²) >= 11 is 0. The molecule has 0 saturated carbocycles. The zero-order valence-corrected chi connectivity index (χ0v) is 20.0. The van der Waals surface area contributed by atoms with Gasteiger partial charge in [0.2, 0.25) is 11.9 Å². The number of benzene rings is 1. The molecule has 4 aromatic rings. The average Bonchev–Trinajstić information content (AvgIpc) is 2.94. The highest BCUT2D eigenvalue weighted by Gasteiger charge is 2.21. The van der Waals surface area contributed by atoms with E-state index in [1.807, 2.05) is 61.8 Å². The van der Waals surface area contributed by atoms with E-state index in [4.69, 9.17) is 0 Å². The molecule has 2 N–H and O–H groups in total. The molecule has 0 radical (unpaired) electrons. The number of nitrogens with zero attached hydrogens (tertiary/aromatic N) is 7. The number of aryl methyl sites for hydroxylation is 1. The second-order valence-corrected chi connectivity index (χ2v) is 8.29. The van der Waals surface area contributed by atoms with Crippen molar-refractivity contribution in [2.24, 2.45) is 0 Å². The fraction of sp³-hybridized carbons (Fsp3) is 0.231. The fourth-order valence-corrected chi connectivity index (χ4v) is 3.92. The maximum Gasteiger partial charge on any atom is 0.257 e. The number of nitrogens with one attached hydrogen (secondary N) is 2. The van der Waals surface area contributed by atoms with Gasteiger partial charge in [0.05, 0.1) is 5.56 Å². The van der Waals surface area contributed by atoms with Gasteiger partial charge in [0.15, 0.2) is 0 Å². The summed E-state index contributed by atoms with van der Waals surface area (Å²) in [7, 11) is 0. The van der Waals surface area contributed by atoms with Crippen LogP contribution in [0.3, 0.4) is 0 Å². The van der Waals surface area contributed by atoms with Crippen molar-refractivity contribution in [3.63, 3.8) is 0 Å². The van der Waals surface area contributed by atoms with Gasteiger partial charge in [-0.25, -0.2) is 4.98 Å². The summed E-state index contributed by atoms with van der Waals surface area (Å²) in [5.74, 6) is 2.12. The van der Waals surface area contributed by atoms with Crippen LogP contribution in [0.1, 0.15) is 23.1 Å². The highest BCUT2D eigenvalue weighted by atomic mass is 16.1. The number of aromatic nitrogens is 5. The molecule has 10 heteroatoms. The normalized spacial score (nSPS) is 13.4. The highest BCUT2D eigenvalue weighted by Crippen LogP contribution is 2.20. The first-order valence-electron chi connectivity index (χ1n) is 11.9. The van der Waals surface area contributed by atoms with Gasteiger partial charge in [-0.05, 0) is 36.4 Å². The monoisotopic (exact) mass is 481 g/mol. The van der Waals surface area contributed by atoms with Gasteiger partial charge in [-0.1, -0.05) is 25.1 Å². The Kier molecular flexibility index (Phi) is 6.93. The van der Waals surface area contributed by atoms with Gasteiger partial charge < -0.3 is 20.4 Å². The number of hydrogen-bond acceptors (Lipinski definition) is 9. The third kappa shape index (κ3) is 5.54. The van der Waals surface area contributed by atoms with Crippen molar-refractivity contribution in [3.8, 4) is 0 Å². The third-order valence-corrected chi connectivity index (χ3v) is 5.87. The molecule has 4 heterocycles. The minimum atomic E-state index is -0.220. The van der Waals surface area contributed by atoms with E-state index in [2.05, 4.69) is 45.4 Å². The van der Waals surface area contributed by atoms with E-state index in [-0.39, 0.29) is 5.91 Å². The number of carbonyl (C=O) groups is 1. The molecule has 1 aliphatic heterocycles. The smallest absolute Gasteiger partial charge is 0.257 e. The van der Waals surface area contributed by atoms with Crippen molar-refractivity contribution >= 4 is 35.0 Å². The molecule has 5 rings (SSSR count). The number of anilines is 5. The van der Waals surface area contributed by atoms with Crippen molar-refractivity contribution in [1.29, 1.82) is 0 Å². The first-order chi connectivity index (χ1) is 17.7. The molecule has 182 valence electrons. The zero-order valence-electron chi connectivity index (χ0n) is 20.0. The Bertz CT molecular complexity index is 1290. The quantitative estimate of drug-likeness (QED) is 0.409. The van der Waals surface area contributed by atoms with Gasteiger partial charge in [-0.15, -0.1) is 0 Å². The van der Waals surface area contributed by atoms with Crippen molar-refractivity contribution in [1.82, 2.24) is 24.9 Å². The summed E-state index contributed by atoms with van der Waals surface area (Å²) in [4.78, 5) is 39.3. The molecule has 1 saturated heterocycles. The molecular formula is C26H27N9O. The molecule has 1 amide bonds. The molecule has 10 nitrogen and oxygen atoms in total. The lowest BCUT2D eigenvalue weighted by Gasteiger charge is -2.36. The topological polar surface area (TPSA) is 112 Å². The van der Waals surface area contributed by atoms with E-state index < -0.39 is 0 Å². The van der Waals surface area contributed by atoms with Crippen LogP contribution in [0.25, 0.3) is 0 Å². The number of pyridine rings is 2. The number of rotatable bonds is 7. The summed E-state index contributed by atoms with van der Waals surface area (Å²) in [6.45, 7) is 5.36. The second-order valence-electron chi connectivity index (χ2n) is 8.29. The largest absolute Gasteiger partial charge is 0.368 e. The third-order valence-electron chi connectivity index (χ3n) is 5.87. The fourth-order valence-electron chi connectivity index (χ4n) is 3.92. The first-order valence-corrected chi connectivity index (χ1v) is 11.9. The van der Waals surface area contributed by atoms with E-state index >= 15 is 0 Å². The lowest BCUT2D eigenvalue weighted by molar-refractivity contribution is 0.102. The number of piperazine rings is 1. The Labute approximate surface area is 209 Å². The van der Waals surface area contributed by atoms with Gasteiger partial charge >= 0.3 is 0 Å². The molecule has 1 aliphatic rings. The van der Waals surface area contributed by atoms with Crippen LogP contribution in [0.5, 0.6) is 0 Å². The molecular weight excluding hydrogens is 454 g/mol. The summed E-state index contributed by atoms with van der Waals surface area (Å²) in [6, 6.07) is 16.8. The first kappa shape index (κ1) is 23.2. The number of hydrogen-bond donors (Lipinski definition) is 2. The van der Waals surface area contributed by atoms with Gasteiger partial charge in [-0.3, -0.25) is 9.78 Å². The average molecular weight is 482 g/mol. The van der Waals surface area contributed by atoms with E-state index in [1.54, 1.807) is 12.1 Å². The van der Waals surface area contributed by atoms with Crippen molar-refractivity contribution in [2.75, 3.05) is 46.6 Å². The molecule has 0 aliphatic carbocycles. The number of para-hydroxylation sites is 1. The van der Waals surface area contributed by atoms with Crippen molar-refractivity contribution in [2.45, 2.75) is 13.3 Å². The van der Waals surface area contributed by atoms with Crippen molar-refractivity contribution < 1.29 is 4.79 Å². The van der Waals surface area contributed by atoms with Crippen LogP contribution >= 0.6 is 0 Å². The second kappa shape index (κ2) is 10.8. The molecule has 0 atom stereocenters. The standard InChI is InChI=1S/C26H27N9O/c1-2-22-30-25(31-23-9-8-19(18-28-23)24(36)29-20-6-4-3-5-7-20)33-26(32-22)35-16-14-34(15-17-35)21-10-12-27-13-11-21/h3-13,18H,2,14-17H2,1H3,(H,29,36)(H,28,30,31,32,33). The number of amides is 1. The van der Waals surface area contributed by atoms with Gasteiger partial charge in [0, 0.05) is 62.6 Å². The van der Waals surface area contributed by atoms with Crippen LogP contribution < -0.4 is 20.4 Å². The molecule has 0 unspecified atom stereocenters. The summed E-state index contributed by atoms with van der Waals surface area (Å²) in [5.41, 5.74) is 2.36. The Morgan fingerprint density at radius 1 is 0.889 bits per heavy atom. The van der Waals surface area contributed by atoms with Crippen LogP contribution in [0.2, 0.25) is 0 Å². The van der Waals surface area contributed by atoms with E-state index in [9.17, 15) is 4.79 Å². The predicted octanol–water partition coefficient (Wildman–Crippen LogP) is 3.55. The summed E-state index contributed by atoms with van der Waals surface area (Å²) < 4.78 is 0. The molecule has 0 bridgehead atoms. The molecule has 36 heavy (non-hydrogen) atoms. The Balaban J connectivity index is 1.25. The highest BCUT2D eigenvalue weighted by molar-refractivity contribution is 6.04.